The first-order valence-electron chi connectivity index (χ1n) is 8.10. The maximum atomic E-state index is 13.0. The van der Waals surface area contributed by atoms with Crippen molar-refractivity contribution in [2.75, 3.05) is 37.7 Å². The molecule has 0 spiro atoms. The normalized spacial score (nSPS) is 14.2. The number of pyridine rings is 1. The summed E-state index contributed by atoms with van der Waals surface area (Å²) in [4.78, 5) is 31.7. The van der Waals surface area contributed by atoms with Crippen molar-refractivity contribution in [2.45, 2.75) is 0 Å². The van der Waals surface area contributed by atoms with E-state index in [0.29, 0.717) is 26.2 Å². The fourth-order valence-corrected chi connectivity index (χ4v) is 2.87. The Balaban J connectivity index is 1.47. The minimum Gasteiger partial charge on any atom is -0.452 e. The van der Waals surface area contributed by atoms with Gasteiger partial charge in [0.2, 0.25) is 0 Å². The Labute approximate surface area is 155 Å². The Bertz CT molecular complexity index is 793. The second kappa shape index (κ2) is 8.14. The van der Waals surface area contributed by atoms with Gasteiger partial charge in [-0.3, -0.25) is 4.79 Å². The summed E-state index contributed by atoms with van der Waals surface area (Å²) in [6, 6.07) is 9.12. The second-order valence-electron chi connectivity index (χ2n) is 5.79. The molecule has 0 atom stereocenters. The lowest BCUT2D eigenvalue weighted by atomic mass is 10.2. The number of benzene rings is 1. The van der Waals surface area contributed by atoms with Crippen molar-refractivity contribution >= 4 is 29.2 Å². The average molecular weight is 378 g/mol. The first-order valence-corrected chi connectivity index (χ1v) is 8.48. The third-order valence-electron chi connectivity index (χ3n) is 4.11. The van der Waals surface area contributed by atoms with Crippen molar-refractivity contribution in [2.24, 2.45) is 0 Å². The van der Waals surface area contributed by atoms with Gasteiger partial charge in [0.15, 0.2) is 6.61 Å². The van der Waals surface area contributed by atoms with Crippen molar-refractivity contribution in [3.05, 3.63) is 59.1 Å². The maximum absolute atomic E-state index is 13.0. The van der Waals surface area contributed by atoms with Gasteiger partial charge < -0.3 is 14.5 Å². The Morgan fingerprint density at radius 3 is 2.46 bits per heavy atom. The number of carbonyl (C=O) groups is 2. The summed E-state index contributed by atoms with van der Waals surface area (Å²) in [5.74, 6) is -1.15. The van der Waals surface area contributed by atoms with E-state index in [1.54, 1.807) is 17.0 Å². The minimum atomic E-state index is -0.618. The molecule has 136 valence electrons. The summed E-state index contributed by atoms with van der Waals surface area (Å²) >= 11 is 5.73. The molecule has 0 aliphatic carbocycles. The number of piperazine rings is 1. The number of amides is 1. The number of rotatable bonds is 4. The number of nitrogens with zero attached hydrogens (tertiary/aromatic N) is 3. The van der Waals surface area contributed by atoms with Gasteiger partial charge in [0, 0.05) is 38.1 Å². The molecule has 1 aromatic carbocycles. The largest absolute Gasteiger partial charge is 0.452 e. The van der Waals surface area contributed by atoms with Crippen LogP contribution in [0.25, 0.3) is 0 Å². The van der Waals surface area contributed by atoms with Gasteiger partial charge in [0.05, 0.1) is 5.56 Å². The monoisotopic (exact) mass is 377 g/mol. The highest BCUT2D eigenvalue weighted by molar-refractivity contribution is 6.29. The molecule has 0 N–H and O–H groups in total. The topological polar surface area (TPSA) is 62.7 Å². The SMILES string of the molecule is O=C(OCC(=O)N1CCN(c2ccc(F)cc2)CC1)c1ccnc(Cl)c1. The lowest BCUT2D eigenvalue weighted by molar-refractivity contribution is -0.134. The van der Waals surface area contributed by atoms with Crippen LogP contribution < -0.4 is 4.90 Å². The number of aromatic nitrogens is 1. The van der Waals surface area contributed by atoms with Crippen molar-refractivity contribution in [1.82, 2.24) is 9.88 Å². The van der Waals surface area contributed by atoms with Gasteiger partial charge in [-0.25, -0.2) is 14.2 Å². The number of anilines is 1. The molecule has 0 bridgehead atoms. The summed E-state index contributed by atoms with van der Waals surface area (Å²) in [6.07, 6.45) is 1.40. The van der Waals surface area contributed by atoms with Gasteiger partial charge >= 0.3 is 5.97 Å². The zero-order valence-electron chi connectivity index (χ0n) is 13.9. The lowest BCUT2D eigenvalue weighted by Gasteiger charge is -2.36. The van der Waals surface area contributed by atoms with Gasteiger partial charge in [-0.2, -0.15) is 0 Å². The quantitative estimate of drug-likeness (QED) is 0.604. The molecule has 2 aromatic rings. The molecule has 0 radical (unpaired) electrons. The molecule has 1 saturated heterocycles. The van der Waals surface area contributed by atoms with E-state index in [4.69, 9.17) is 16.3 Å². The molecule has 1 aromatic heterocycles. The zero-order valence-corrected chi connectivity index (χ0v) is 14.7. The molecule has 1 fully saturated rings. The van der Waals surface area contributed by atoms with E-state index >= 15 is 0 Å². The van der Waals surface area contributed by atoms with Gasteiger partial charge in [-0.15, -0.1) is 0 Å². The van der Waals surface area contributed by atoms with E-state index in [0.717, 1.165) is 5.69 Å². The van der Waals surface area contributed by atoms with E-state index in [2.05, 4.69) is 9.88 Å². The molecule has 3 rings (SSSR count). The summed E-state index contributed by atoms with van der Waals surface area (Å²) in [5, 5.41) is 0.183. The maximum Gasteiger partial charge on any atom is 0.338 e. The van der Waals surface area contributed by atoms with Gasteiger partial charge in [0.25, 0.3) is 5.91 Å². The Kier molecular flexibility index (Phi) is 5.68. The van der Waals surface area contributed by atoms with Crippen LogP contribution in [0.2, 0.25) is 5.15 Å². The van der Waals surface area contributed by atoms with Crippen molar-refractivity contribution in [3.63, 3.8) is 0 Å². The molecule has 0 unspecified atom stereocenters. The standard InChI is InChI=1S/C18H17ClFN3O3/c19-16-11-13(5-6-21-16)18(25)26-12-17(24)23-9-7-22(8-10-23)15-3-1-14(20)2-4-15/h1-6,11H,7-10,12H2. The molecule has 0 saturated carbocycles. The van der Waals surface area contributed by atoms with Crippen LogP contribution in [0.4, 0.5) is 10.1 Å². The van der Waals surface area contributed by atoms with E-state index in [1.165, 1.54) is 30.5 Å². The first kappa shape index (κ1) is 18.1. The molecule has 1 amide bonds. The van der Waals surface area contributed by atoms with Crippen molar-refractivity contribution in [1.29, 1.82) is 0 Å². The predicted octanol–water partition coefficient (Wildman–Crippen LogP) is 2.38. The van der Waals surface area contributed by atoms with Crippen LogP contribution in [0.1, 0.15) is 10.4 Å². The third-order valence-corrected chi connectivity index (χ3v) is 4.32. The Morgan fingerprint density at radius 1 is 1.12 bits per heavy atom. The van der Waals surface area contributed by atoms with Crippen LogP contribution in [0.15, 0.2) is 42.6 Å². The molecular formula is C18H17ClFN3O3. The smallest absolute Gasteiger partial charge is 0.338 e. The fraction of sp³-hybridized carbons (Fsp3) is 0.278. The molecule has 1 aliphatic rings. The van der Waals surface area contributed by atoms with Crippen LogP contribution in [0, 0.1) is 5.82 Å². The number of hydrogen-bond donors (Lipinski definition) is 0. The second-order valence-corrected chi connectivity index (χ2v) is 6.17. The van der Waals surface area contributed by atoms with Crippen molar-refractivity contribution in [3.8, 4) is 0 Å². The highest BCUT2D eigenvalue weighted by Crippen LogP contribution is 2.17. The van der Waals surface area contributed by atoms with E-state index in [1.807, 2.05) is 0 Å². The van der Waals surface area contributed by atoms with Crippen LogP contribution in [0.3, 0.4) is 0 Å². The van der Waals surface area contributed by atoms with Crippen LogP contribution in [-0.4, -0.2) is 54.5 Å². The van der Waals surface area contributed by atoms with Crippen LogP contribution in [0.5, 0.6) is 0 Å². The number of hydrogen-bond acceptors (Lipinski definition) is 5. The summed E-state index contributed by atoms with van der Waals surface area (Å²) in [5.41, 5.74) is 1.17. The summed E-state index contributed by atoms with van der Waals surface area (Å²) < 4.78 is 18.0. The number of carbonyl (C=O) groups excluding carboxylic acids is 2. The van der Waals surface area contributed by atoms with Gasteiger partial charge in [0.1, 0.15) is 11.0 Å². The number of esters is 1. The van der Waals surface area contributed by atoms with Crippen molar-refractivity contribution < 1.29 is 18.7 Å². The zero-order chi connectivity index (χ0) is 18.5. The molecular weight excluding hydrogens is 361 g/mol. The fourth-order valence-electron chi connectivity index (χ4n) is 2.70. The highest BCUT2D eigenvalue weighted by Gasteiger charge is 2.22. The summed E-state index contributed by atoms with van der Waals surface area (Å²) in [6.45, 7) is 1.95. The Hall–Kier alpha value is -2.67. The van der Waals surface area contributed by atoms with Crippen LogP contribution in [-0.2, 0) is 9.53 Å². The van der Waals surface area contributed by atoms with E-state index < -0.39 is 5.97 Å². The molecule has 2 heterocycles. The number of halogens is 2. The van der Waals surface area contributed by atoms with Gasteiger partial charge in [-0.05, 0) is 36.4 Å². The van der Waals surface area contributed by atoms with E-state index in [-0.39, 0.29) is 29.0 Å². The third kappa shape index (κ3) is 4.49. The first-order chi connectivity index (χ1) is 12.5. The average Bonchev–Trinajstić information content (AvgIpc) is 2.66. The lowest BCUT2D eigenvalue weighted by Crippen LogP contribution is -2.49. The van der Waals surface area contributed by atoms with Gasteiger partial charge in [-0.1, -0.05) is 11.6 Å². The molecule has 1 aliphatic heterocycles. The molecule has 8 heteroatoms. The highest BCUT2D eigenvalue weighted by atomic mass is 35.5. The number of ether oxygens (including phenoxy) is 1. The Morgan fingerprint density at radius 2 is 1.81 bits per heavy atom. The molecule has 6 nitrogen and oxygen atoms in total. The van der Waals surface area contributed by atoms with E-state index in [9.17, 15) is 14.0 Å². The minimum absolute atomic E-state index is 0.183. The predicted molar refractivity (Wildman–Crippen MR) is 94.7 cm³/mol. The molecule has 26 heavy (non-hydrogen) atoms. The summed E-state index contributed by atoms with van der Waals surface area (Å²) in [7, 11) is 0. The van der Waals surface area contributed by atoms with Crippen LogP contribution >= 0.6 is 11.6 Å².